The van der Waals surface area contributed by atoms with Crippen LogP contribution in [0.1, 0.15) is 13.8 Å². The molecule has 138 valence electrons. The molecule has 0 saturated carbocycles. The number of carbonyl (C=O) groups excluding carboxylic acids is 1. The molecule has 1 N–H and O–H groups in total. The largest absolute Gasteiger partial charge is 0.374 e. The van der Waals surface area contributed by atoms with E-state index in [4.69, 9.17) is 0 Å². The summed E-state index contributed by atoms with van der Waals surface area (Å²) < 4.78 is 0. The molecule has 0 radical (unpaired) electrons. The molecule has 0 saturated heterocycles. The molecule has 6 heteroatoms. The lowest BCUT2D eigenvalue weighted by Gasteiger charge is -2.26. The van der Waals surface area contributed by atoms with Gasteiger partial charge in [0.05, 0.1) is 10.6 Å². The van der Waals surface area contributed by atoms with Gasteiger partial charge in [0.25, 0.3) is 5.69 Å². The van der Waals surface area contributed by atoms with Crippen molar-refractivity contribution in [2.45, 2.75) is 19.9 Å². The number of nitrogens with zero attached hydrogens (tertiary/aromatic N) is 2. The van der Waals surface area contributed by atoms with E-state index >= 15 is 0 Å². The lowest BCUT2D eigenvalue weighted by Crippen LogP contribution is -2.41. The third-order valence-corrected chi connectivity index (χ3v) is 4.45. The van der Waals surface area contributed by atoms with Gasteiger partial charge in [0.1, 0.15) is 6.04 Å². The van der Waals surface area contributed by atoms with E-state index in [1.807, 2.05) is 49.4 Å². The summed E-state index contributed by atoms with van der Waals surface area (Å²) in [7, 11) is 0. The summed E-state index contributed by atoms with van der Waals surface area (Å²) >= 11 is 0. The predicted octanol–water partition coefficient (Wildman–Crippen LogP) is 4.60. The third-order valence-electron chi connectivity index (χ3n) is 4.45. The van der Waals surface area contributed by atoms with Gasteiger partial charge in [-0.15, -0.1) is 0 Å². The van der Waals surface area contributed by atoms with Crippen molar-refractivity contribution in [2.24, 2.45) is 0 Å². The monoisotopic (exact) mass is 363 g/mol. The number of carbonyl (C=O) groups is 1. The van der Waals surface area contributed by atoms with Gasteiger partial charge in [-0.05, 0) is 31.4 Å². The minimum Gasteiger partial charge on any atom is -0.374 e. The molecule has 3 rings (SSSR count). The van der Waals surface area contributed by atoms with E-state index in [9.17, 15) is 14.9 Å². The number of nitro benzene ring substituents is 1. The maximum Gasteiger partial charge on any atom is 0.271 e. The van der Waals surface area contributed by atoms with Crippen LogP contribution in [0.15, 0.2) is 66.7 Å². The third kappa shape index (κ3) is 3.89. The molecule has 1 atom stereocenters. The van der Waals surface area contributed by atoms with E-state index in [2.05, 4.69) is 5.32 Å². The molecule has 0 unspecified atom stereocenters. The van der Waals surface area contributed by atoms with Crippen molar-refractivity contribution >= 4 is 33.7 Å². The quantitative estimate of drug-likeness (QED) is 0.513. The Labute approximate surface area is 157 Å². The molecular weight excluding hydrogens is 342 g/mol. The lowest BCUT2D eigenvalue weighted by molar-refractivity contribution is -0.384. The molecule has 27 heavy (non-hydrogen) atoms. The molecule has 6 nitrogen and oxygen atoms in total. The Bertz CT molecular complexity index is 982. The summed E-state index contributed by atoms with van der Waals surface area (Å²) in [5.74, 6) is -0.0969. The Kier molecular flexibility index (Phi) is 5.35. The number of benzene rings is 3. The minimum atomic E-state index is -0.536. The van der Waals surface area contributed by atoms with Gasteiger partial charge in [0.15, 0.2) is 0 Å². The first-order chi connectivity index (χ1) is 13.0. The van der Waals surface area contributed by atoms with Crippen molar-refractivity contribution < 1.29 is 9.72 Å². The Morgan fingerprint density at radius 1 is 1.11 bits per heavy atom. The molecule has 3 aromatic carbocycles. The Morgan fingerprint density at radius 2 is 1.81 bits per heavy atom. The van der Waals surface area contributed by atoms with Crippen LogP contribution in [0.3, 0.4) is 0 Å². The number of hydrogen-bond acceptors (Lipinski definition) is 4. The molecule has 3 aromatic rings. The first-order valence-corrected chi connectivity index (χ1v) is 8.81. The van der Waals surface area contributed by atoms with Crippen LogP contribution >= 0.6 is 0 Å². The average molecular weight is 363 g/mol. The molecule has 0 bridgehead atoms. The van der Waals surface area contributed by atoms with Gasteiger partial charge >= 0.3 is 0 Å². The number of amides is 1. The van der Waals surface area contributed by atoms with Crippen LogP contribution in [0, 0.1) is 10.1 Å². The number of anilines is 2. The summed E-state index contributed by atoms with van der Waals surface area (Å²) in [6.45, 7) is 4.21. The Hall–Kier alpha value is -3.41. The number of non-ortho nitro benzene ring substituents is 1. The van der Waals surface area contributed by atoms with Gasteiger partial charge in [-0.25, -0.2) is 0 Å². The summed E-state index contributed by atoms with van der Waals surface area (Å²) in [6.07, 6.45) is 0. The summed E-state index contributed by atoms with van der Waals surface area (Å²) in [4.78, 5) is 25.3. The SMILES string of the molecule is CCN(C(=O)[C@@H](C)Nc1cccc([N+](=O)[O-])c1)c1cccc2ccccc12. The van der Waals surface area contributed by atoms with Gasteiger partial charge in [0, 0.05) is 29.8 Å². The minimum absolute atomic E-state index is 0.0129. The first-order valence-electron chi connectivity index (χ1n) is 8.81. The number of nitrogens with one attached hydrogen (secondary N) is 1. The zero-order valence-corrected chi connectivity index (χ0v) is 15.3. The Morgan fingerprint density at radius 3 is 2.56 bits per heavy atom. The number of rotatable bonds is 6. The summed E-state index contributed by atoms with van der Waals surface area (Å²) in [5, 5.41) is 16.1. The fourth-order valence-electron chi connectivity index (χ4n) is 3.14. The fraction of sp³-hybridized carbons (Fsp3) is 0.190. The summed E-state index contributed by atoms with van der Waals surface area (Å²) in [5.41, 5.74) is 1.38. The average Bonchev–Trinajstić information content (AvgIpc) is 2.68. The van der Waals surface area contributed by atoms with Crippen molar-refractivity contribution in [2.75, 3.05) is 16.8 Å². The second-order valence-electron chi connectivity index (χ2n) is 6.25. The van der Waals surface area contributed by atoms with Gasteiger partial charge in [-0.1, -0.05) is 42.5 Å². The van der Waals surface area contributed by atoms with E-state index in [0.717, 1.165) is 16.5 Å². The molecule has 1 amide bonds. The zero-order chi connectivity index (χ0) is 19.4. The molecule has 0 aliphatic carbocycles. The fourth-order valence-corrected chi connectivity index (χ4v) is 3.14. The van der Waals surface area contributed by atoms with Crippen molar-refractivity contribution in [1.82, 2.24) is 0 Å². The molecule has 0 fully saturated rings. The van der Waals surface area contributed by atoms with Crippen LogP contribution in [-0.2, 0) is 4.79 Å². The number of likely N-dealkylation sites (N-methyl/N-ethyl adjacent to an activating group) is 1. The topological polar surface area (TPSA) is 75.5 Å². The molecule has 0 aliphatic rings. The highest BCUT2D eigenvalue weighted by atomic mass is 16.6. The number of nitro groups is 1. The van der Waals surface area contributed by atoms with E-state index in [-0.39, 0.29) is 11.6 Å². The molecular formula is C21H21N3O3. The molecule has 0 spiro atoms. The van der Waals surface area contributed by atoms with Crippen molar-refractivity contribution in [1.29, 1.82) is 0 Å². The second kappa shape index (κ2) is 7.86. The molecule has 0 aliphatic heterocycles. The van der Waals surface area contributed by atoms with Crippen molar-refractivity contribution in [3.8, 4) is 0 Å². The highest BCUT2D eigenvalue weighted by Gasteiger charge is 2.22. The molecule has 0 heterocycles. The lowest BCUT2D eigenvalue weighted by atomic mass is 10.1. The van der Waals surface area contributed by atoms with Crippen LogP contribution in [-0.4, -0.2) is 23.4 Å². The molecule has 0 aromatic heterocycles. The van der Waals surface area contributed by atoms with Crippen molar-refractivity contribution in [3.05, 3.63) is 76.8 Å². The van der Waals surface area contributed by atoms with Crippen LogP contribution in [0.4, 0.5) is 17.1 Å². The smallest absolute Gasteiger partial charge is 0.271 e. The number of fused-ring (bicyclic) bond motifs is 1. The first kappa shape index (κ1) is 18.4. The van der Waals surface area contributed by atoms with Gasteiger partial charge < -0.3 is 10.2 Å². The van der Waals surface area contributed by atoms with Crippen LogP contribution in [0.25, 0.3) is 10.8 Å². The van der Waals surface area contributed by atoms with Crippen LogP contribution in [0.2, 0.25) is 0 Å². The zero-order valence-electron chi connectivity index (χ0n) is 15.3. The summed E-state index contributed by atoms with van der Waals surface area (Å²) in [6, 6.07) is 19.4. The van der Waals surface area contributed by atoms with Gasteiger partial charge in [0.2, 0.25) is 5.91 Å². The predicted molar refractivity (Wildman–Crippen MR) is 108 cm³/mol. The second-order valence-corrected chi connectivity index (χ2v) is 6.25. The number of hydrogen-bond donors (Lipinski definition) is 1. The van der Waals surface area contributed by atoms with E-state index in [1.165, 1.54) is 12.1 Å². The highest BCUT2D eigenvalue weighted by Crippen LogP contribution is 2.27. The van der Waals surface area contributed by atoms with E-state index in [1.54, 1.807) is 24.0 Å². The maximum absolute atomic E-state index is 13.1. The highest BCUT2D eigenvalue weighted by molar-refractivity contribution is 6.06. The Balaban J connectivity index is 1.86. The van der Waals surface area contributed by atoms with Gasteiger partial charge in [-0.2, -0.15) is 0 Å². The van der Waals surface area contributed by atoms with Crippen LogP contribution < -0.4 is 10.2 Å². The maximum atomic E-state index is 13.1. The van der Waals surface area contributed by atoms with E-state index in [0.29, 0.717) is 12.2 Å². The standard InChI is InChI=1S/C21H21N3O3/c1-3-23(20-13-6-9-16-8-4-5-12-19(16)20)21(25)15(2)22-17-10-7-11-18(14-17)24(26)27/h4-15,22H,3H2,1-2H3/t15-/m1/s1. The van der Waals surface area contributed by atoms with Crippen LogP contribution in [0.5, 0.6) is 0 Å². The van der Waals surface area contributed by atoms with Crippen molar-refractivity contribution in [3.63, 3.8) is 0 Å². The van der Waals surface area contributed by atoms with E-state index < -0.39 is 11.0 Å². The van der Waals surface area contributed by atoms with Gasteiger partial charge in [-0.3, -0.25) is 14.9 Å². The normalized spacial score (nSPS) is 11.8.